The predicted molar refractivity (Wildman–Crippen MR) is 112 cm³/mol. The number of nitrogens with one attached hydrogen (secondary N) is 2. The molecule has 0 saturated heterocycles. The van der Waals surface area contributed by atoms with Gasteiger partial charge in [0.25, 0.3) is 11.2 Å². The summed E-state index contributed by atoms with van der Waals surface area (Å²) in [7, 11) is 0. The van der Waals surface area contributed by atoms with E-state index >= 15 is 0 Å². The smallest absolute Gasteiger partial charge is 0.269 e. The standard InChI is InChI=1S/C19H14N6O4S/c26-16(21-12-6-8-14(9-7-12)25(28)29)11-30-19-22-17-15(18(27)23-19)10-20-24(17)13-4-2-1-3-5-13/h1-10H,11H2,(H,21,26)(H,22,23,27). The lowest BCUT2D eigenvalue weighted by Gasteiger charge is -2.06. The van der Waals surface area contributed by atoms with Crippen LogP contribution < -0.4 is 10.9 Å². The number of para-hydroxylation sites is 1. The van der Waals surface area contributed by atoms with Crippen molar-refractivity contribution in [3.8, 4) is 5.69 Å². The largest absolute Gasteiger partial charge is 0.325 e. The van der Waals surface area contributed by atoms with E-state index in [0.717, 1.165) is 17.4 Å². The Morgan fingerprint density at radius 1 is 1.17 bits per heavy atom. The highest BCUT2D eigenvalue weighted by Gasteiger charge is 2.13. The summed E-state index contributed by atoms with van der Waals surface area (Å²) in [6.07, 6.45) is 1.45. The summed E-state index contributed by atoms with van der Waals surface area (Å²) in [5, 5.41) is 18.2. The maximum absolute atomic E-state index is 12.3. The van der Waals surface area contributed by atoms with E-state index in [-0.39, 0.29) is 28.1 Å². The van der Waals surface area contributed by atoms with Crippen LogP contribution in [0.1, 0.15) is 0 Å². The lowest BCUT2D eigenvalue weighted by molar-refractivity contribution is -0.384. The Labute approximate surface area is 173 Å². The van der Waals surface area contributed by atoms with Crippen molar-refractivity contribution < 1.29 is 9.72 Å². The molecule has 0 aliphatic rings. The molecule has 0 fully saturated rings. The Morgan fingerprint density at radius 2 is 1.90 bits per heavy atom. The lowest BCUT2D eigenvalue weighted by Crippen LogP contribution is -2.15. The maximum atomic E-state index is 12.3. The van der Waals surface area contributed by atoms with Gasteiger partial charge in [0, 0.05) is 17.8 Å². The third kappa shape index (κ3) is 4.05. The second kappa shape index (κ2) is 8.17. The molecule has 0 unspecified atom stereocenters. The topological polar surface area (TPSA) is 136 Å². The monoisotopic (exact) mass is 422 g/mol. The molecule has 2 N–H and O–H groups in total. The molecule has 2 heterocycles. The molecule has 0 saturated carbocycles. The van der Waals surface area contributed by atoms with Gasteiger partial charge in [-0.1, -0.05) is 30.0 Å². The average Bonchev–Trinajstić information content (AvgIpc) is 3.18. The molecule has 10 nitrogen and oxygen atoms in total. The van der Waals surface area contributed by atoms with E-state index in [4.69, 9.17) is 0 Å². The molecule has 2 aromatic heterocycles. The van der Waals surface area contributed by atoms with Gasteiger partial charge in [0.1, 0.15) is 5.39 Å². The Balaban J connectivity index is 1.49. The molecule has 0 aliphatic carbocycles. The van der Waals surface area contributed by atoms with Gasteiger partial charge in [-0.15, -0.1) is 0 Å². The molecule has 0 radical (unpaired) electrons. The Morgan fingerprint density at radius 3 is 2.60 bits per heavy atom. The minimum Gasteiger partial charge on any atom is -0.325 e. The quantitative estimate of drug-likeness (QED) is 0.211. The summed E-state index contributed by atoms with van der Waals surface area (Å²) < 4.78 is 1.56. The first-order valence-electron chi connectivity index (χ1n) is 8.72. The number of amides is 1. The molecule has 0 bridgehead atoms. The summed E-state index contributed by atoms with van der Waals surface area (Å²) >= 11 is 1.06. The number of aromatic amines is 1. The fraction of sp³-hybridized carbons (Fsp3) is 0.0526. The van der Waals surface area contributed by atoms with Crippen molar-refractivity contribution in [3.63, 3.8) is 0 Å². The molecule has 150 valence electrons. The first kappa shape index (κ1) is 19.3. The van der Waals surface area contributed by atoms with Crippen LogP contribution in [0.25, 0.3) is 16.7 Å². The molecule has 1 amide bonds. The number of non-ortho nitro benzene ring substituents is 1. The molecule has 0 aliphatic heterocycles. The van der Waals surface area contributed by atoms with Crippen LogP contribution in [-0.2, 0) is 4.79 Å². The number of carbonyl (C=O) groups is 1. The number of hydrogen-bond donors (Lipinski definition) is 2. The van der Waals surface area contributed by atoms with Crippen molar-refractivity contribution >= 4 is 40.1 Å². The fourth-order valence-electron chi connectivity index (χ4n) is 2.72. The number of rotatable bonds is 6. The summed E-state index contributed by atoms with van der Waals surface area (Å²) in [4.78, 5) is 41.8. The number of fused-ring (bicyclic) bond motifs is 1. The van der Waals surface area contributed by atoms with E-state index in [1.54, 1.807) is 4.68 Å². The second-order valence-electron chi connectivity index (χ2n) is 6.14. The lowest BCUT2D eigenvalue weighted by atomic mass is 10.3. The Bertz CT molecular complexity index is 1280. The van der Waals surface area contributed by atoms with Crippen molar-refractivity contribution in [3.05, 3.63) is 81.3 Å². The highest BCUT2D eigenvalue weighted by molar-refractivity contribution is 7.99. The van der Waals surface area contributed by atoms with Crippen LogP contribution in [0, 0.1) is 10.1 Å². The number of nitro groups is 1. The number of nitro benzene ring substituents is 1. The highest BCUT2D eigenvalue weighted by Crippen LogP contribution is 2.19. The molecule has 11 heteroatoms. The number of H-pyrrole nitrogens is 1. The third-order valence-corrected chi connectivity index (χ3v) is 4.99. The normalized spacial score (nSPS) is 10.8. The molecule has 30 heavy (non-hydrogen) atoms. The molecular weight excluding hydrogens is 408 g/mol. The van der Waals surface area contributed by atoms with E-state index in [2.05, 4.69) is 20.4 Å². The van der Waals surface area contributed by atoms with Crippen LogP contribution in [0.15, 0.2) is 70.7 Å². The third-order valence-electron chi connectivity index (χ3n) is 4.12. The predicted octanol–water partition coefficient (Wildman–Crippen LogP) is 2.75. The van der Waals surface area contributed by atoms with Crippen molar-refractivity contribution in [2.24, 2.45) is 0 Å². The number of aromatic nitrogens is 4. The number of carbonyl (C=O) groups excluding carboxylic acids is 1. The number of hydrogen-bond acceptors (Lipinski definition) is 7. The van der Waals surface area contributed by atoms with E-state index in [1.165, 1.54) is 30.5 Å². The summed E-state index contributed by atoms with van der Waals surface area (Å²) in [5.74, 6) is -0.349. The van der Waals surface area contributed by atoms with Gasteiger partial charge in [-0.2, -0.15) is 5.10 Å². The zero-order valence-corrected chi connectivity index (χ0v) is 16.1. The van der Waals surface area contributed by atoms with Gasteiger partial charge in [0.05, 0.1) is 22.6 Å². The minimum atomic E-state index is -0.514. The Hall–Kier alpha value is -3.99. The summed E-state index contributed by atoms with van der Waals surface area (Å²) in [6.45, 7) is 0. The second-order valence-corrected chi connectivity index (χ2v) is 7.11. The zero-order valence-electron chi connectivity index (χ0n) is 15.3. The molecule has 4 rings (SSSR count). The van der Waals surface area contributed by atoms with Gasteiger partial charge in [-0.25, -0.2) is 9.67 Å². The molecular formula is C19H14N6O4S. The van der Waals surface area contributed by atoms with Crippen LogP contribution in [0.4, 0.5) is 11.4 Å². The van der Waals surface area contributed by atoms with Gasteiger partial charge < -0.3 is 10.3 Å². The van der Waals surface area contributed by atoms with Crippen molar-refractivity contribution in [2.75, 3.05) is 11.1 Å². The SMILES string of the molecule is O=C(CSc1nc2c(cnn2-c2ccccc2)c(=O)[nH]1)Nc1ccc([N+](=O)[O-])cc1. The van der Waals surface area contributed by atoms with Crippen LogP contribution in [0.5, 0.6) is 0 Å². The highest BCUT2D eigenvalue weighted by atomic mass is 32.2. The van der Waals surface area contributed by atoms with E-state index in [9.17, 15) is 19.7 Å². The van der Waals surface area contributed by atoms with Crippen molar-refractivity contribution in [1.82, 2.24) is 19.7 Å². The van der Waals surface area contributed by atoms with Crippen LogP contribution in [-0.4, -0.2) is 36.3 Å². The first-order valence-corrected chi connectivity index (χ1v) is 9.70. The maximum Gasteiger partial charge on any atom is 0.269 e. The summed E-state index contributed by atoms with van der Waals surface area (Å²) in [5.41, 5.74) is 1.18. The molecule has 4 aromatic rings. The van der Waals surface area contributed by atoms with Gasteiger partial charge in [0.2, 0.25) is 5.91 Å². The van der Waals surface area contributed by atoms with Gasteiger partial charge >= 0.3 is 0 Å². The first-order chi connectivity index (χ1) is 14.5. The number of benzene rings is 2. The fourth-order valence-corrected chi connectivity index (χ4v) is 3.38. The molecule has 2 aromatic carbocycles. The van der Waals surface area contributed by atoms with Crippen LogP contribution in [0.2, 0.25) is 0 Å². The summed E-state index contributed by atoms with van der Waals surface area (Å²) in [6, 6.07) is 14.8. The van der Waals surface area contributed by atoms with E-state index < -0.39 is 4.92 Å². The number of nitrogens with zero attached hydrogens (tertiary/aromatic N) is 4. The van der Waals surface area contributed by atoms with Crippen molar-refractivity contribution in [2.45, 2.75) is 5.16 Å². The van der Waals surface area contributed by atoms with Gasteiger partial charge in [0.15, 0.2) is 10.8 Å². The van der Waals surface area contributed by atoms with E-state index in [0.29, 0.717) is 16.7 Å². The van der Waals surface area contributed by atoms with Gasteiger partial charge in [-0.05, 0) is 24.3 Å². The average molecular weight is 422 g/mol. The molecule has 0 spiro atoms. The van der Waals surface area contributed by atoms with Crippen LogP contribution >= 0.6 is 11.8 Å². The molecule has 0 atom stereocenters. The number of anilines is 1. The van der Waals surface area contributed by atoms with Gasteiger partial charge in [-0.3, -0.25) is 19.7 Å². The Kier molecular flexibility index (Phi) is 5.26. The minimum absolute atomic E-state index is 0.00902. The van der Waals surface area contributed by atoms with E-state index in [1.807, 2.05) is 30.3 Å². The van der Waals surface area contributed by atoms with Crippen LogP contribution in [0.3, 0.4) is 0 Å². The zero-order chi connectivity index (χ0) is 21.1. The number of thioether (sulfide) groups is 1. The van der Waals surface area contributed by atoms with Crippen molar-refractivity contribution in [1.29, 1.82) is 0 Å².